The van der Waals surface area contributed by atoms with Gasteiger partial charge in [-0.1, -0.05) is 31.2 Å². The Balaban J connectivity index is 2.56. The Morgan fingerprint density at radius 1 is 1.26 bits per heavy atom. The number of anilines is 1. The number of halogens is 1. The van der Waals surface area contributed by atoms with Gasteiger partial charge < -0.3 is 10.5 Å². The number of hydrogen-bond acceptors (Lipinski definition) is 4. The summed E-state index contributed by atoms with van der Waals surface area (Å²) in [5.74, 6) is 1.08. The normalized spacial score (nSPS) is 10.7. The van der Waals surface area contributed by atoms with E-state index >= 15 is 0 Å². The zero-order valence-electron chi connectivity index (χ0n) is 11.0. The van der Waals surface area contributed by atoms with Crippen molar-refractivity contribution in [3.05, 3.63) is 40.0 Å². The molecule has 0 amide bonds. The van der Waals surface area contributed by atoms with E-state index in [1.807, 2.05) is 18.2 Å². The van der Waals surface area contributed by atoms with E-state index in [1.54, 1.807) is 7.11 Å². The van der Waals surface area contributed by atoms with Crippen molar-refractivity contribution in [1.29, 1.82) is 0 Å². The van der Waals surface area contributed by atoms with Gasteiger partial charge in [-0.05, 0) is 27.9 Å². The summed E-state index contributed by atoms with van der Waals surface area (Å²) in [7, 11) is 1.63. The number of nitrogen functional groups attached to an aromatic ring is 1. The van der Waals surface area contributed by atoms with Crippen LogP contribution in [-0.4, -0.2) is 17.1 Å². The largest absolute Gasteiger partial charge is 0.383 e. The summed E-state index contributed by atoms with van der Waals surface area (Å²) in [6, 6.07) is 8.08. The fourth-order valence-electron chi connectivity index (χ4n) is 1.91. The molecule has 0 saturated carbocycles. The van der Waals surface area contributed by atoms with Crippen molar-refractivity contribution in [1.82, 2.24) is 9.97 Å². The molecule has 0 bridgehead atoms. The molecule has 2 N–H and O–H groups in total. The second-order valence-corrected chi connectivity index (χ2v) is 4.93. The van der Waals surface area contributed by atoms with Crippen molar-refractivity contribution in [3.8, 4) is 11.4 Å². The lowest BCUT2D eigenvalue weighted by Crippen LogP contribution is -2.04. The average molecular weight is 322 g/mol. The van der Waals surface area contributed by atoms with Crippen LogP contribution in [0.1, 0.15) is 18.2 Å². The average Bonchev–Trinajstić information content (AvgIpc) is 2.43. The number of benzene rings is 1. The van der Waals surface area contributed by atoms with Gasteiger partial charge in [-0.25, -0.2) is 9.97 Å². The summed E-state index contributed by atoms with van der Waals surface area (Å²) in [6.45, 7) is 2.51. The minimum atomic E-state index is 0.397. The van der Waals surface area contributed by atoms with Crippen LogP contribution in [0.5, 0.6) is 0 Å². The summed E-state index contributed by atoms with van der Waals surface area (Å²) >= 11 is 3.39. The molecule has 0 saturated heterocycles. The molecule has 19 heavy (non-hydrogen) atoms. The highest BCUT2D eigenvalue weighted by atomic mass is 79.9. The minimum Gasteiger partial charge on any atom is -0.383 e. The molecule has 5 heteroatoms. The Kier molecular flexibility index (Phi) is 4.50. The molecule has 100 valence electrons. The summed E-state index contributed by atoms with van der Waals surface area (Å²) in [4.78, 5) is 8.90. The summed E-state index contributed by atoms with van der Waals surface area (Å²) < 4.78 is 5.84. The van der Waals surface area contributed by atoms with Crippen LogP contribution in [0.25, 0.3) is 11.4 Å². The first-order chi connectivity index (χ1) is 9.17. The summed E-state index contributed by atoms with van der Waals surface area (Å²) in [5, 5.41) is 0. The maximum Gasteiger partial charge on any atom is 0.162 e. The minimum absolute atomic E-state index is 0.397. The van der Waals surface area contributed by atoms with Gasteiger partial charge in [-0.15, -0.1) is 0 Å². The van der Waals surface area contributed by atoms with Gasteiger partial charge >= 0.3 is 0 Å². The van der Waals surface area contributed by atoms with Crippen LogP contribution >= 0.6 is 15.9 Å². The van der Waals surface area contributed by atoms with Crippen molar-refractivity contribution < 1.29 is 4.74 Å². The zero-order valence-corrected chi connectivity index (χ0v) is 12.6. The third kappa shape index (κ3) is 2.93. The van der Waals surface area contributed by atoms with Gasteiger partial charge in [0.2, 0.25) is 0 Å². The van der Waals surface area contributed by atoms with E-state index in [1.165, 1.54) is 5.56 Å². The second-order valence-electron chi connectivity index (χ2n) is 4.14. The number of rotatable bonds is 4. The van der Waals surface area contributed by atoms with Crippen LogP contribution in [0, 0.1) is 0 Å². The van der Waals surface area contributed by atoms with Gasteiger partial charge in [0.1, 0.15) is 5.82 Å². The number of aryl methyl sites for hydroxylation is 1. The fourth-order valence-corrected chi connectivity index (χ4v) is 2.20. The highest BCUT2D eigenvalue weighted by Gasteiger charge is 2.13. The lowest BCUT2D eigenvalue weighted by atomic mass is 10.0. The Labute approximate surface area is 121 Å². The Morgan fingerprint density at radius 3 is 2.68 bits per heavy atom. The monoisotopic (exact) mass is 321 g/mol. The molecule has 0 aliphatic heterocycles. The van der Waals surface area contributed by atoms with Gasteiger partial charge in [0.15, 0.2) is 5.82 Å². The molecule has 1 aromatic carbocycles. The quantitative estimate of drug-likeness (QED) is 0.939. The first-order valence-electron chi connectivity index (χ1n) is 6.06. The Bertz CT molecular complexity index is 587. The molecular weight excluding hydrogens is 306 g/mol. The number of aromatic nitrogens is 2. The maximum atomic E-state index is 5.93. The molecular formula is C14H16BrN3O. The van der Waals surface area contributed by atoms with Gasteiger partial charge in [-0.3, -0.25) is 0 Å². The molecule has 2 rings (SSSR count). The van der Waals surface area contributed by atoms with Gasteiger partial charge in [0, 0.05) is 12.7 Å². The SMILES string of the molecule is CCc1ccccc1-c1nc(N)c(Br)c(COC)n1. The smallest absolute Gasteiger partial charge is 0.162 e. The van der Waals surface area contributed by atoms with Gasteiger partial charge in [-0.2, -0.15) is 0 Å². The van der Waals surface area contributed by atoms with E-state index in [-0.39, 0.29) is 0 Å². The van der Waals surface area contributed by atoms with Crippen LogP contribution < -0.4 is 5.73 Å². The highest BCUT2D eigenvalue weighted by molar-refractivity contribution is 9.10. The molecule has 2 aromatic rings. The number of methoxy groups -OCH3 is 1. The molecule has 1 aromatic heterocycles. The van der Waals surface area contributed by atoms with E-state index in [0.717, 1.165) is 17.7 Å². The number of ether oxygens (including phenoxy) is 1. The van der Waals surface area contributed by atoms with Crippen LogP contribution in [0.3, 0.4) is 0 Å². The van der Waals surface area contributed by atoms with Crippen molar-refractivity contribution in [2.45, 2.75) is 20.0 Å². The number of hydrogen-bond donors (Lipinski definition) is 1. The van der Waals surface area contributed by atoms with E-state index in [2.05, 4.69) is 38.9 Å². The molecule has 0 radical (unpaired) electrons. The number of nitrogens with zero attached hydrogens (tertiary/aromatic N) is 2. The topological polar surface area (TPSA) is 61.0 Å². The predicted molar refractivity (Wildman–Crippen MR) is 79.7 cm³/mol. The summed E-state index contributed by atoms with van der Waals surface area (Å²) in [5.41, 5.74) is 8.90. The van der Waals surface area contributed by atoms with Crippen molar-refractivity contribution in [2.75, 3.05) is 12.8 Å². The lowest BCUT2D eigenvalue weighted by molar-refractivity contribution is 0.181. The number of nitrogens with two attached hydrogens (primary N) is 1. The molecule has 0 aliphatic carbocycles. The van der Waals surface area contributed by atoms with Crippen LogP contribution in [-0.2, 0) is 17.8 Å². The predicted octanol–water partition coefficient (Wildman–Crippen LogP) is 3.20. The second kappa shape index (κ2) is 6.12. The molecule has 4 nitrogen and oxygen atoms in total. The van der Waals surface area contributed by atoms with Gasteiger partial charge in [0.25, 0.3) is 0 Å². The third-order valence-electron chi connectivity index (χ3n) is 2.87. The first-order valence-corrected chi connectivity index (χ1v) is 6.85. The van der Waals surface area contributed by atoms with Gasteiger partial charge in [0.05, 0.1) is 16.8 Å². The van der Waals surface area contributed by atoms with Crippen molar-refractivity contribution >= 4 is 21.7 Å². The molecule has 0 atom stereocenters. The molecule has 0 unspecified atom stereocenters. The lowest BCUT2D eigenvalue weighted by Gasteiger charge is -2.10. The molecule has 0 aliphatic rings. The maximum absolute atomic E-state index is 5.93. The fraction of sp³-hybridized carbons (Fsp3) is 0.286. The van der Waals surface area contributed by atoms with Crippen molar-refractivity contribution in [2.24, 2.45) is 0 Å². The van der Waals surface area contributed by atoms with Crippen LogP contribution in [0.4, 0.5) is 5.82 Å². The third-order valence-corrected chi connectivity index (χ3v) is 3.73. The van der Waals surface area contributed by atoms with E-state index in [0.29, 0.717) is 22.7 Å². The first kappa shape index (κ1) is 14.0. The van der Waals surface area contributed by atoms with E-state index in [4.69, 9.17) is 10.5 Å². The highest BCUT2D eigenvalue weighted by Crippen LogP contribution is 2.27. The standard InChI is InChI=1S/C14H16BrN3O/c1-3-9-6-4-5-7-10(9)14-17-11(8-19-2)12(15)13(16)18-14/h4-7H,3,8H2,1-2H3,(H2,16,17,18). The van der Waals surface area contributed by atoms with E-state index < -0.39 is 0 Å². The van der Waals surface area contributed by atoms with E-state index in [9.17, 15) is 0 Å². The Morgan fingerprint density at radius 2 is 2.00 bits per heavy atom. The summed E-state index contributed by atoms with van der Waals surface area (Å²) in [6.07, 6.45) is 0.926. The Hall–Kier alpha value is -1.46. The zero-order chi connectivity index (χ0) is 13.8. The van der Waals surface area contributed by atoms with Crippen molar-refractivity contribution in [3.63, 3.8) is 0 Å². The molecule has 0 fully saturated rings. The van der Waals surface area contributed by atoms with Crippen LogP contribution in [0.15, 0.2) is 28.7 Å². The molecule has 1 heterocycles. The molecule has 0 spiro atoms. The van der Waals surface area contributed by atoms with Crippen LogP contribution in [0.2, 0.25) is 0 Å².